The molecule has 2 aromatic rings. The van der Waals surface area contributed by atoms with Gasteiger partial charge in [0.15, 0.2) is 0 Å². The summed E-state index contributed by atoms with van der Waals surface area (Å²) in [6, 6.07) is 8.77. The fraction of sp³-hybridized carbons (Fsp3) is 0.133. The second-order valence-electron chi connectivity index (χ2n) is 4.55. The van der Waals surface area contributed by atoms with Gasteiger partial charge in [0.1, 0.15) is 16.5 Å². The van der Waals surface area contributed by atoms with E-state index >= 15 is 0 Å². The molecule has 6 nitrogen and oxygen atoms in total. The molecule has 2 rings (SSSR count). The summed E-state index contributed by atoms with van der Waals surface area (Å²) in [7, 11) is 1.53. The van der Waals surface area contributed by atoms with Gasteiger partial charge in [0.25, 0.3) is 0 Å². The fourth-order valence-electron chi connectivity index (χ4n) is 1.77. The van der Waals surface area contributed by atoms with Crippen LogP contribution < -0.4 is 0 Å². The van der Waals surface area contributed by atoms with E-state index in [4.69, 9.17) is 4.42 Å². The van der Waals surface area contributed by atoms with Crippen LogP contribution in [0.15, 0.2) is 46.9 Å². The Morgan fingerprint density at radius 3 is 2.73 bits per heavy atom. The summed E-state index contributed by atoms with van der Waals surface area (Å²) >= 11 is 0. The van der Waals surface area contributed by atoms with Crippen molar-refractivity contribution in [2.75, 3.05) is 7.05 Å². The van der Waals surface area contributed by atoms with Crippen molar-refractivity contribution in [2.45, 2.75) is 6.54 Å². The second kappa shape index (κ2) is 6.66. The first-order valence-electron chi connectivity index (χ1n) is 6.38. The third kappa shape index (κ3) is 3.78. The van der Waals surface area contributed by atoms with Gasteiger partial charge in [-0.25, -0.2) is 4.39 Å². The number of nitrogens with zero attached hydrogens (tertiary/aromatic N) is 2. The predicted octanol–water partition coefficient (Wildman–Crippen LogP) is 3.00. The average Bonchev–Trinajstić information content (AvgIpc) is 2.96. The van der Waals surface area contributed by atoms with E-state index in [1.54, 1.807) is 18.2 Å². The molecule has 1 aromatic carbocycles. The highest BCUT2D eigenvalue weighted by atomic mass is 19.1. The summed E-state index contributed by atoms with van der Waals surface area (Å²) in [6.07, 6.45) is 2.54. The first-order valence-corrected chi connectivity index (χ1v) is 6.38. The minimum absolute atomic E-state index is 0.119. The molecule has 0 aliphatic carbocycles. The van der Waals surface area contributed by atoms with Gasteiger partial charge >= 0.3 is 5.88 Å². The number of carbonyl (C=O) groups is 1. The summed E-state index contributed by atoms with van der Waals surface area (Å²) in [4.78, 5) is 23.0. The lowest BCUT2D eigenvalue weighted by Crippen LogP contribution is -2.24. The van der Waals surface area contributed by atoms with Crippen molar-refractivity contribution in [2.24, 2.45) is 0 Å². The third-order valence-electron chi connectivity index (χ3n) is 2.92. The van der Waals surface area contributed by atoms with E-state index in [1.807, 2.05) is 0 Å². The number of nitro groups is 1. The van der Waals surface area contributed by atoms with Crippen LogP contribution in [0, 0.1) is 15.9 Å². The Morgan fingerprint density at radius 1 is 1.36 bits per heavy atom. The number of furan rings is 1. The van der Waals surface area contributed by atoms with Gasteiger partial charge in [-0.05, 0) is 18.2 Å². The molecule has 0 fully saturated rings. The quantitative estimate of drug-likeness (QED) is 0.483. The highest BCUT2D eigenvalue weighted by molar-refractivity contribution is 5.91. The smallest absolute Gasteiger partial charge is 0.401 e. The number of halogens is 1. The predicted molar refractivity (Wildman–Crippen MR) is 77.3 cm³/mol. The normalized spacial score (nSPS) is 10.8. The van der Waals surface area contributed by atoms with Crippen LogP contribution in [-0.4, -0.2) is 22.8 Å². The summed E-state index contributed by atoms with van der Waals surface area (Å²) in [5.41, 5.74) is 0.403. The first-order chi connectivity index (χ1) is 10.5. The van der Waals surface area contributed by atoms with Crippen molar-refractivity contribution in [1.29, 1.82) is 0 Å². The Labute approximate surface area is 125 Å². The van der Waals surface area contributed by atoms with Crippen molar-refractivity contribution in [1.82, 2.24) is 4.90 Å². The molecule has 0 unspecified atom stereocenters. The lowest BCUT2D eigenvalue weighted by molar-refractivity contribution is -0.402. The molecule has 0 saturated heterocycles. The number of carbonyl (C=O) groups excluding carboxylic acids is 1. The van der Waals surface area contributed by atoms with Crippen LogP contribution in [0.1, 0.15) is 11.3 Å². The minimum Gasteiger partial charge on any atom is -0.401 e. The Balaban J connectivity index is 2.00. The van der Waals surface area contributed by atoms with Crippen molar-refractivity contribution in [3.8, 4) is 0 Å². The molecule has 1 amide bonds. The Hall–Kier alpha value is -2.96. The van der Waals surface area contributed by atoms with Gasteiger partial charge in [-0.15, -0.1) is 0 Å². The summed E-state index contributed by atoms with van der Waals surface area (Å²) < 4.78 is 18.4. The molecule has 0 aliphatic heterocycles. The molecule has 0 spiro atoms. The maximum absolute atomic E-state index is 13.5. The number of amides is 1. The molecule has 0 saturated carbocycles. The van der Waals surface area contributed by atoms with E-state index < -0.39 is 10.8 Å². The van der Waals surface area contributed by atoms with Gasteiger partial charge in [0.2, 0.25) is 5.91 Å². The molecule has 0 bridgehead atoms. The molecule has 1 aromatic heterocycles. The highest BCUT2D eigenvalue weighted by Crippen LogP contribution is 2.17. The van der Waals surface area contributed by atoms with E-state index in [0.29, 0.717) is 5.56 Å². The molecular formula is C15H13FN2O4. The number of hydrogen-bond acceptors (Lipinski definition) is 4. The number of rotatable bonds is 5. The SMILES string of the molecule is CN(Cc1ccccc1F)C(=O)/C=C/c1ccc([N+](=O)[O-])o1. The first kappa shape index (κ1) is 15.4. The number of benzene rings is 1. The van der Waals surface area contributed by atoms with Crippen LogP contribution in [0.2, 0.25) is 0 Å². The van der Waals surface area contributed by atoms with Gasteiger partial charge in [-0.2, -0.15) is 0 Å². The maximum atomic E-state index is 13.5. The van der Waals surface area contributed by atoms with Gasteiger partial charge in [0.05, 0.1) is 6.07 Å². The summed E-state index contributed by atoms with van der Waals surface area (Å²) in [6.45, 7) is 0.119. The van der Waals surface area contributed by atoms with Crippen LogP contribution in [-0.2, 0) is 11.3 Å². The van der Waals surface area contributed by atoms with Gasteiger partial charge in [-0.3, -0.25) is 14.9 Å². The number of likely N-dealkylation sites (N-methyl/N-ethyl adjacent to an activating group) is 1. The lowest BCUT2D eigenvalue weighted by Gasteiger charge is -2.15. The van der Waals surface area contributed by atoms with Crippen LogP contribution in [0.4, 0.5) is 10.3 Å². The second-order valence-corrected chi connectivity index (χ2v) is 4.55. The molecule has 114 valence electrons. The number of hydrogen-bond donors (Lipinski definition) is 0. The zero-order chi connectivity index (χ0) is 16.1. The largest absolute Gasteiger partial charge is 0.433 e. The van der Waals surface area contributed by atoms with Crippen molar-refractivity contribution in [3.05, 3.63) is 69.7 Å². The maximum Gasteiger partial charge on any atom is 0.433 e. The average molecular weight is 304 g/mol. The molecule has 7 heteroatoms. The van der Waals surface area contributed by atoms with E-state index in [9.17, 15) is 19.3 Å². The third-order valence-corrected chi connectivity index (χ3v) is 2.92. The monoisotopic (exact) mass is 304 g/mol. The highest BCUT2D eigenvalue weighted by Gasteiger charge is 2.11. The van der Waals surface area contributed by atoms with Crippen molar-refractivity contribution < 1.29 is 18.5 Å². The molecule has 22 heavy (non-hydrogen) atoms. The summed E-state index contributed by atoms with van der Waals surface area (Å²) in [5.74, 6) is -0.957. The van der Waals surface area contributed by atoms with E-state index in [1.165, 1.54) is 42.3 Å². The van der Waals surface area contributed by atoms with Gasteiger partial charge in [0, 0.05) is 25.2 Å². The summed E-state index contributed by atoms with van der Waals surface area (Å²) in [5, 5.41) is 10.5. The molecule has 0 radical (unpaired) electrons. The van der Waals surface area contributed by atoms with E-state index in [0.717, 1.165) is 0 Å². The fourth-order valence-corrected chi connectivity index (χ4v) is 1.77. The zero-order valence-electron chi connectivity index (χ0n) is 11.7. The van der Waals surface area contributed by atoms with Gasteiger partial charge in [-0.1, -0.05) is 18.2 Å². The standard InChI is InChI=1S/C15H13FN2O4/c1-17(10-11-4-2-3-5-13(11)16)14(19)8-6-12-7-9-15(22-12)18(20)21/h2-9H,10H2,1H3/b8-6+. The Bertz CT molecular complexity index is 724. The molecule has 0 N–H and O–H groups in total. The van der Waals surface area contributed by atoms with Crippen molar-refractivity contribution >= 4 is 17.9 Å². The molecule has 1 heterocycles. The Kier molecular flexibility index (Phi) is 4.67. The van der Waals surface area contributed by atoms with Gasteiger partial charge < -0.3 is 9.32 Å². The van der Waals surface area contributed by atoms with Crippen LogP contribution in [0.5, 0.6) is 0 Å². The van der Waals surface area contributed by atoms with Crippen LogP contribution >= 0.6 is 0 Å². The molecule has 0 aliphatic rings. The molecular weight excluding hydrogens is 291 g/mol. The van der Waals surface area contributed by atoms with Crippen molar-refractivity contribution in [3.63, 3.8) is 0 Å². The minimum atomic E-state index is -0.663. The lowest BCUT2D eigenvalue weighted by atomic mass is 10.2. The Morgan fingerprint density at radius 2 is 2.09 bits per heavy atom. The molecule has 0 atom stereocenters. The topological polar surface area (TPSA) is 76.6 Å². The zero-order valence-corrected chi connectivity index (χ0v) is 11.7. The van der Waals surface area contributed by atoms with E-state index in [2.05, 4.69) is 0 Å². The van der Waals surface area contributed by atoms with Crippen LogP contribution in [0.3, 0.4) is 0 Å². The van der Waals surface area contributed by atoms with Crippen LogP contribution in [0.25, 0.3) is 6.08 Å². The van der Waals surface area contributed by atoms with E-state index in [-0.39, 0.29) is 24.0 Å².